The summed E-state index contributed by atoms with van der Waals surface area (Å²) in [6, 6.07) is 17.9. The van der Waals surface area contributed by atoms with Crippen LogP contribution in [0.2, 0.25) is 10.0 Å². The summed E-state index contributed by atoms with van der Waals surface area (Å²) >= 11 is 12.3. The molecule has 1 saturated heterocycles. The van der Waals surface area contributed by atoms with Gasteiger partial charge in [0.1, 0.15) is 17.3 Å². The average Bonchev–Trinajstić information content (AvgIpc) is 3.11. The molecule has 35 heavy (non-hydrogen) atoms. The van der Waals surface area contributed by atoms with Crippen molar-refractivity contribution in [2.75, 3.05) is 13.7 Å². The average molecular weight is 512 g/mol. The fourth-order valence-corrected chi connectivity index (χ4v) is 4.33. The monoisotopic (exact) mass is 511 g/mol. The quantitative estimate of drug-likeness (QED) is 0.238. The fourth-order valence-electron chi connectivity index (χ4n) is 4.03. The molecule has 4 rings (SSSR count). The summed E-state index contributed by atoms with van der Waals surface area (Å²) in [6.07, 6.45) is 0. The van der Waals surface area contributed by atoms with Crippen molar-refractivity contribution in [1.82, 2.24) is 4.90 Å². The Kier molecular flexibility index (Phi) is 7.34. The molecule has 0 aliphatic carbocycles. The summed E-state index contributed by atoms with van der Waals surface area (Å²) in [5, 5.41) is 12.2. The van der Waals surface area contributed by atoms with Gasteiger partial charge in [-0.3, -0.25) is 9.59 Å². The molecule has 180 valence electrons. The Hall–Kier alpha value is -3.48. The Labute approximate surface area is 213 Å². The third kappa shape index (κ3) is 4.99. The van der Waals surface area contributed by atoms with Gasteiger partial charge in [0.2, 0.25) is 0 Å². The van der Waals surface area contributed by atoms with Crippen LogP contribution in [0, 0.1) is 0 Å². The Morgan fingerprint density at radius 1 is 1.00 bits per heavy atom. The van der Waals surface area contributed by atoms with E-state index in [1.807, 2.05) is 19.1 Å². The first kappa shape index (κ1) is 24.6. The summed E-state index contributed by atoms with van der Waals surface area (Å²) in [6.45, 7) is 2.35. The molecule has 1 unspecified atom stereocenters. The van der Waals surface area contributed by atoms with Crippen LogP contribution in [0.1, 0.15) is 29.7 Å². The molecule has 1 aliphatic heterocycles. The second-order valence-corrected chi connectivity index (χ2v) is 8.75. The number of carbonyl (C=O) groups is 2. The molecule has 0 radical (unpaired) electrons. The molecular formula is C27H23Cl2NO5. The molecule has 0 spiro atoms. The third-order valence-corrected chi connectivity index (χ3v) is 6.31. The Morgan fingerprint density at radius 2 is 1.69 bits per heavy atom. The Morgan fingerprint density at radius 3 is 2.31 bits per heavy atom. The zero-order chi connectivity index (χ0) is 25.1. The van der Waals surface area contributed by atoms with Crippen molar-refractivity contribution >= 4 is 40.7 Å². The lowest BCUT2D eigenvalue weighted by molar-refractivity contribution is -0.140. The van der Waals surface area contributed by atoms with E-state index in [0.717, 1.165) is 5.56 Å². The van der Waals surface area contributed by atoms with Crippen molar-refractivity contribution in [2.24, 2.45) is 0 Å². The van der Waals surface area contributed by atoms with Gasteiger partial charge in [-0.1, -0.05) is 47.5 Å². The molecule has 1 atom stereocenters. The van der Waals surface area contributed by atoms with E-state index in [2.05, 4.69) is 0 Å². The van der Waals surface area contributed by atoms with E-state index in [0.29, 0.717) is 39.3 Å². The van der Waals surface area contributed by atoms with Crippen LogP contribution < -0.4 is 9.47 Å². The minimum Gasteiger partial charge on any atom is -0.507 e. The maximum Gasteiger partial charge on any atom is 0.295 e. The molecule has 1 aliphatic rings. The second-order valence-electron chi connectivity index (χ2n) is 7.90. The van der Waals surface area contributed by atoms with E-state index < -0.39 is 17.7 Å². The zero-order valence-corrected chi connectivity index (χ0v) is 20.6. The SMILES string of the molecule is CCOc1cc(/C(O)=C2/C(=O)C(=O)N(Cc3ccc(OC)cc3)C2c2ccc(Cl)cc2)ccc1Cl. The lowest BCUT2D eigenvalue weighted by Gasteiger charge is -2.25. The Balaban J connectivity index is 1.83. The highest BCUT2D eigenvalue weighted by Gasteiger charge is 2.46. The number of methoxy groups -OCH3 is 1. The number of aliphatic hydroxyl groups is 1. The van der Waals surface area contributed by atoms with Gasteiger partial charge in [-0.15, -0.1) is 0 Å². The molecule has 3 aromatic carbocycles. The number of halogens is 2. The molecule has 0 bridgehead atoms. The van der Waals surface area contributed by atoms with Crippen LogP contribution in [0.3, 0.4) is 0 Å². The summed E-state index contributed by atoms with van der Waals surface area (Å²) in [7, 11) is 1.57. The number of ether oxygens (including phenoxy) is 2. The van der Waals surface area contributed by atoms with Crippen LogP contribution >= 0.6 is 23.2 Å². The molecule has 0 aromatic heterocycles. The van der Waals surface area contributed by atoms with Crippen LogP contribution in [-0.4, -0.2) is 35.4 Å². The highest BCUT2D eigenvalue weighted by atomic mass is 35.5. The number of carbonyl (C=O) groups excluding carboxylic acids is 2. The third-order valence-electron chi connectivity index (χ3n) is 5.74. The van der Waals surface area contributed by atoms with Gasteiger partial charge in [0.25, 0.3) is 11.7 Å². The van der Waals surface area contributed by atoms with E-state index >= 15 is 0 Å². The number of rotatable bonds is 7. The van der Waals surface area contributed by atoms with Gasteiger partial charge in [0.15, 0.2) is 0 Å². The first-order valence-electron chi connectivity index (χ1n) is 10.9. The van der Waals surface area contributed by atoms with E-state index in [4.69, 9.17) is 32.7 Å². The lowest BCUT2D eigenvalue weighted by atomic mass is 9.95. The largest absolute Gasteiger partial charge is 0.507 e. The van der Waals surface area contributed by atoms with Crippen LogP contribution in [-0.2, 0) is 16.1 Å². The maximum absolute atomic E-state index is 13.2. The number of Topliss-reactive ketones (excluding diaryl/α,β-unsaturated/α-hetero) is 1. The number of hydrogen-bond acceptors (Lipinski definition) is 5. The highest BCUT2D eigenvalue weighted by molar-refractivity contribution is 6.46. The van der Waals surface area contributed by atoms with E-state index in [1.165, 1.54) is 4.90 Å². The minimum atomic E-state index is -0.819. The molecule has 6 nitrogen and oxygen atoms in total. The van der Waals surface area contributed by atoms with Gasteiger partial charge in [-0.2, -0.15) is 0 Å². The van der Waals surface area contributed by atoms with E-state index in [9.17, 15) is 14.7 Å². The van der Waals surface area contributed by atoms with Gasteiger partial charge in [-0.05, 0) is 60.5 Å². The van der Waals surface area contributed by atoms with Crippen LogP contribution in [0.5, 0.6) is 11.5 Å². The zero-order valence-electron chi connectivity index (χ0n) is 19.1. The summed E-state index contributed by atoms with van der Waals surface area (Å²) in [5.41, 5.74) is 1.74. The number of nitrogens with zero attached hydrogens (tertiary/aromatic N) is 1. The van der Waals surface area contributed by atoms with Crippen molar-refractivity contribution in [3.8, 4) is 11.5 Å². The summed E-state index contributed by atoms with van der Waals surface area (Å²) in [4.78, 5) is 27.9. The predicted octanol–water partition coefficient (Wildman–Crippen LogP) is 6.02. The van der Waals surface area contributed by atoms with Crippen LogP contribution in [0.4, 0.5) is 0 Å². The lowest BCUT2D eigenvalue weighted by Crippen LogP contribution is -2.29. The number of benzene rings is 3. The van der Waals surface area contributed by atoms with Gasteiger partial charge in [0, 0.05) is 17.1 Å². The molecular weight excluding hydrogens is 489 g/mol. The summed E-state index contributed by atoms with van der Waals surface area (Å²) < 4.78 is 10.7. The van der Waals surface area contributed by atoms with Crippen LogP contribution in [0.15, 0.2) is 72.3 Å². The number of ketones is 1. The predicted molar refractivity (Wildman–Crippen MR) is 135 cm³/mol. The van der Waals surface area contributed by atoms with Crippen molar-refractivity contribution in [3.05, 3.63) is 99.0 Å². The van der Waals surface area contributed by atoms with Gasteiger partial charge >= 0.3 is 0 Å². The van der Waals surface area contributed by atoms with Crippen molar-refractivity contribution in [2.45, 2.75) is 19.5 Å². The smallest absolute Gasteiger partial charge is 0.295 e. The molecule has 1 N–H and O–H groups in total. The number of hydrogen-bond donors (Lipinski definition) is 1. The fraction of sp³-hybridized carbons (Fsp3) is 0.185. The number of amides is 1. The van der Waals surface area contributed by atoms with Crippen molar-refractivity contribution < 1.29 is 24.2 Å². The second kappa shape index (κ2) is 10.4. The normalized spacial score (nSPS) is 17.0. The summed E-state index contributed by atoms with van der Waals surface area (Å²) in [5.74, 6) is -0.741. The topological polar surface area (TPSA) is 76.1 Å². The minimum absolute atomic E-state index is 0.0180. The number of likely N-dealkylation sites (tertiary alicyclic amines) is 1. The maximum atomic E-state index is 13.2. The van der Waals surface area contributed by atoms with Gasteiger partial charge in [0.05, 0.1) is 30.4 Å². The standard InChI is InChI=1S/C27H23Cl2NO5/c1-3-35-22-14-18(8-13-21(22)29)25(31)23-24(17-6-9-19(28)10-7-17)30(27(33)26(23)32)15-16-4-11-20(34-2)12-5-16/h4-14,24,31H,3,15H2,1-2H3/b25-23-. The van der Waals surface area contributed by atoms with E-state index in [1.54, 1.807) is 61.7 Å². The van der Waals surface area contributed by atoms with Crippen LogP contribution in [0.25, 0.3) is 5.76 Å². The van der Waals surface area contributed by atoms with E-state index in [-0.39, 0.29) is 17.9 Å². The molecule has 1 fully saturated rings. The molecule has 3 aromatic rings. The highest BCUT2D eigenvalue weighted by Crippen LogP contribution is 2.41. The molecule has 1 amide bonds. The van der Waals surface area contributed by atoms with Crippen molar-refractivity contribution in [3.63, 3.8) is 0 Å². The molecule has 8 heteroatoms. The Bertz CT molecular complexity index is 1290. The first-order chi connectivity index (χ1) is 16.8. The van der Waals surface area contributed by atoms with Gasteiger partial charge in [-0.25, -0.2) is 0 Å². The van der Waals surface area contributed by atoms with Crippen molar-refractivity contribution in [1.29, 1.82) is 0 Å². The molecule has 1 heterocycles. The first-order valence-corrected chi connectivity index (χ1v) is 11.7. The van der Waals surface area contributed by atoms with Gasteiger partial charge < -0.3 is 19.5 Å². The molecule has 0 saturated carbocycles. The number of aliphatic hydroxyl groups excluding tert-OH is 1.